The van der Waals surface area contributed by atoms with Crippen LogP contribution in [0.3, 0.4) is 0 Å². The van der Waals surface area contributed by atoms with Gasteiger partial charge in [-0.2, -0.15) is 0 Å². The van der Waals surface area contributed by atoms with E-state index in [-0.39, 0.29) is 10.8 Å². The molecule has 2 saturated carbocycles. The molecule has 80 valence electrons. The van der Waals surface area contributed by atoms with Crippen LogP contribution in [0.25, 0.3) is 0 Å². The van der Waals surface area contributed by atoms with E-state index in [0.29, 0.717) is 5.92 Å². The molecule has 0 radical (unpaired) electrons. The Labute approximate surface area is 87.2 Å². The van der Waals surface area contributed by atoms with Gasteiger partial charge in [0.25, 0.3) is 0 Å². The highest BCUT2D eigenvalue weighted by molar-refractivity contribution is 5.28. The highest BCUT2D eigenvalue weighted by Gasteiger charge is 2.68. The lowest BCUT2D eigenvalue weighted by Crippen LogP contribution is -2.47. The van der Waals surface area contributed by atoms with Gasteiger partial charge in [0.2, 0.25) is 0 Å². The van der Waals surface area contributed by atoms with Crippen LogP contribution in [0.1, 0.15) is 47.0 Å². The Balaban J connectivity index is 2.50. The predicted octanol–water partition coefficient (Wildman–Crippen LogP) is 3.14. The van der Waals surface area contributed by atoms with Gasteiger partial charge in [0.1, 0.15) is 0 Å². The lowest BCUT2D eigenvalue weighted by molar-refractivity contribution is -0.0596. The summed E-state index contributed by atoms with van der Waals surface area (Å²) in [7, 11) is 0. The molecule has 14 heavy (non-hydrogen) atoms. The molecule has 1 N–H and O–H groups in total. The monoisotopic (exact) mass is 194 g/mol. The van der Waals surface area contributed by atoms with E-state index in [0.717, 1.165) is 18.4 Å². The van der Waals surface area contributed by atoms with Crippen molar-refractivity contribution in [3.8, 4) is 0 Å². The van der Waals surface area contributed by atoms with Crippen molar-refractivity contribution in [3.63, 3.8) is 0 Å². The minimum Gasteiger partial charge on any atom is -0.385 e. The lowest BCUT2D eigenvalue weighted by Gasteiger charge is -2.45. The summed E-state index contributed by atoms with van der Waals surface area (Å²) in [6.07, 6.45) is 3.35. The normalized spacial score (nSPS) is 49.6. The highest BCUT2D eigenvalue weighted by Crippen LogP contribution is 2.70. The van der Waals surface area contributed by atoms with Crippen LogP contribution in [0.4, 0.5) is 0 Å². The molecule has 2 rings (SSSR count). The van der Waals surface area contributed by atoms with Crippen LogP contribution in [-0.4, -0.2) is 10.7 Å². The first-order chi connectivity index (χ1) is 6.26. The summed E-state index contributed by atoms with van der Waals surface area (Å²) in [5, 5.41) is 10.8. The second-order valence-corrected chi connectivity index (χ2v) is 6.13. The zero-order valence-corrected chi connectivity index (χ0v) is 9.85. The zero-order valence-electron chi connectivity index (χ0n) is 9.85. The fourth-order valence-electron chi connectivity index (χ4n) is 3.92. The van der Waals surface area contributed by atoms with E-state index >= 15 is 0 Å². The summed E-state index contributed by atoms with van der Waals surface area (Å²) in [6, 6.07) is 0. The fraction of sp³-hybridized carbons (Fsp3) is 0.846. The molecule has 0 heterocycles. The van der Waals surface area contributed by atoms with Crippen molar-refractivity contribution >= 4 is 0 Å². The predicted molar refractivity (Wildman–Crippen MR) is 59.0 cm³/mol. The van der Waals surface area contributed by atoms with Gasteiger partial charge in [-0.05, 0) is 43.1 Å². The molecule has 2 bridgehead atoms. The third kappa shape index (κ3) is 0.809. The molecule has 0 saturated heterocycles. The minimum atomic E-state index is -0.612. The third-order valence-electron chi connectivity index (χ3n) is 5.60. The summed E-state index contributed by atoms with van der Waals surface area (Å²) in [5.41, 5.74) is 0.645. The maximum atomic E-state index is 10.8. The molecule has 1 heteroatoms. The van der Waals surface area contributed by atoms with Gasteiger partial charge in [0, 0.05) is 5.41 Å². The summed E-state index contributed by atoms with van der Waals surface area (Å²) < 4.78 is 0. The molecule has 0 unspecified atom stereocenters. The van der Waals surface area contributed by atoms with E-state index in [2.05, 4.69) is 27.4 Å². The molecule has 3 atom stereocenters. The van der Waals surface area contributed by atoms with Gasteiger partial charge in [-0.1, -0.05) is 27.4 Å². The Morgan fingerprint density at radius 3 is 2.14 bits per heavy atom. The second-order valence-electron chi connectivity index (χ2n) is 6.13. The minimum absolute atomic E-state index is 0.0382. The van der Waals surface area contributed by atoms with Crippen molar-refractivity contribution in [2.24, 2.45) is 16.7 Å². The summed E-state index contributed by atoms with van der Waals surface area (Å²) in [4.78, 5) is 0. The maximum absolute atomic E-state index is 10.8. The van der Waals surface area contributed by atoms with Gasteiger partial charge in [0.05, 0.1) is 5.60 Å². The summed E-state index contributed by atoms with van der Waals surface area (Å²) in [6.45, 7) is 12.8. The Morgan fingerprint density at radius 1 is 1.36 bits per heavy atom. The molecular formula is C13H22O. The SMILES string of the molecule is C=C(C)[C@@]1(O)C[C@H]2CC[C@]1(C)C2(C)C. The molecule has 0 spiro atoms. The van der Waals surface area contributed by atoms with Gasteiger partial charge in [-0.15, -0.1) is 0 Å². The van der Waals surface area contributed by atoms with Crippen LogP contribution in [0.2, 0.25) is 0 Å². The number of aliphatic hydroxyl groups is 1. The highest BCUT2D eigenvalue weighted by atomic mass is 16.3. The van der Waals surface area contributed by atoms with Gasteiger partial charge >= 0.3 is 0 Å². The topological polar surface area (TPSA) is 20.2 Å². The fourth-order valence-corrected chi connectivity index (χ4v) is 3.92. The van der Waals surface area contributed by atoms with Gasteiger partial charge in [-0.25, -0.2) is 0 Å². The smallest absolute Gasteiger partial charge is 0.0912 e. The van der Waals surface area contributed by atoms with Crippen molar-refractivity contribution in [1.29, 1.82) is 0 Å². The molecule has 0 aliphatic heterocycles. The Kier molecular flexibility index (Phi) is 1.78. The largest absolute Gasteiger partial charge is 0.385 e. The summed E-state index contributed by atoms with van der Waals surface area (Å²) in [5.74, 6) is 0.675. The van der Waals surface area contributed by atoms with E-state index in [1.807, 2.05) is 6.92 Å². The molecular weight excluding hydrogens is 172 g/mol. The maximum Gasteiger partial charge on any atom is 0.0912 e. The second kappa shape index (κ2) is 2.44. The molecule has 1 nitrogen and oxygen atoms in total. The Morgan fingerprint density at radius 2 is 1.93 bits per heavy atom. The third-order valence-corrected chi connectivity index (χ3v) is 5.60. The first-order valence-electron chi connectivity index (χ1n) is 5.64. The van der Waals surface area contributed by atoms with E-state index in [1.54, 1.807) is 0 Å². The number of rotatable bonds is 1. The van der Waals surface area contributed by atoms with Gasteiger partial charge < -0.3 is 5.11 Å². The zero-order chi connectivity index (χ0) is 10.8. The Bertz CT molecular complexity index is 292. The number of hydrogen-bond acceptors (Lipinski definition) is 1. The molecule has 2 fully saturated rings. The molecule has 2 aliphatic rings. The number of fused-ring (bicyclic) bond motifs is 2. The van der Waals surface area contributed by atoms with Crippen LogP contribution in [0.5, 0.6) is 0 Å². The van der Waals surface area contributed by atoms with Crippen molar-refractivity contribution in [2.45, 2.75) is 52.6 Å². The first-order valence-corrected chi connectivity index (χ1v) is 5.64. The Hall–Kier alpha value is -0.300. The average molecular weight is 194 g/mol. The molecule has 0 aromatic rings. The molecule has 0 aromatic carbocycles. The quantitative estimate of drug-likeness (QED) is 0.636. The van der Waals surface area contributed by atoms with Crippen LogP contribution in [0, 0.1) is 16.7 Å². The number of hydrogen-bond donors (Lipinski definition) is 1. The van der Waals surface area contributed by atoms with Crippen molar-refractivity contribution < 1.29 is 5.11 Å². The van der Waals surface area contributed by atoms with Crippen LogP contribution in [0.15, 0.2) is 12.2 Å². The molecule has 2 aliphatic carbocycles. The van der Waals surface area contributed by atoms with E-state index < -0.39 is 5.60 Å². The first kappa shape index (κ1) is 10.2. The standard InChI is InChI=1S/C13H22O/c1-9(2)13(14)8-10-6-7-12(13,5)11(10,3)4/h10,14H,1,6-8H2,2-5H3/t10-,12-,13+/m1/s1. The molecule has 0 amide bonds. The van der Waals surface area contributed by atoms with E-state index in [1.165, 1.54) is 6.42 Å². The van der Waals surface area contributed by atoms with Crippen LogP contribution >= 0.6 is 0 Å². The van der Waals surface area contributed by atoms with Crippen LogP contribution in [-0.2, 0) is 0 Å². The van der Waals surface area contributed by atoms with Gasteiger partial charge in [0.15, 0.2) is 0 Å². The molecule has 0 aromatic heterocycles. The van der Waals surface area contributed by atoms with Crippen molar-refractivity contribution in [3.05, 3.63) is 12.2 Å². The van der Waals surface area contributed by atoms with Crippen LogP contribution < -0.4 is 0 Å². The summed E-state index contributed by atoms with van der Waals surface area (Å²) >= 11 is 0. The van der Waals surface area contributed by atoms with Gasteiger partial charge in [-0.3, -0.25) is 0 Å². The van der Waals surface area contributed by atoms with Crippen molar-refractivity contribution in [2.75, 3.05) is 0 Å². The average Bonchev–Trinajstić information content (AvgIpc) is 2.36. The lowest BCUT2D eigenvalue weighted by atomic mass is 9.62. The van der Waals surface area contributed by atoms with E-state index in [4.69, 9.17) is 0 Å². The van der Waals surface area contributed by atoms with Crippen molar-refractivity contribution in [1.82, 2.24) is 0 Å². The van der Waals surface area contributed by atoms with E-state index in [9.17, 15) is 5.11 Å².